The molecule has 0 bridgehead atoms. The molecule has 0 amide bonds. The first-order valence-electron chi connectivity index (χ1n) is 9.03. The van der Waals surface area contributed by atoms with E-state index in [1.807, 2.05) is 51.1 Å². The molecule has 0 aromatic heterocycles. The number of hydrogen-bond donors (Lipinski definition) is 0. The van der Waals surface area contributed by atoms with E-state index in [2.05, 4.69) is 0 Å². The van der Waals surface area contributed by atoms with E-state index in [1.54, 1.807) is 12.1 Å². The Morgan fingerprint density at radius 1 is 1.15 bits per heavy atom. The van der Waals surface area contributed by atoms with E-state index in [4.69, 9.17) is 14.5 Å². The Kier molecular flexibility index (Phi) is 5.31. The Morgan fingerprint density at radius 3 is 2.44 bits per heavy atom. The minimum atomic E-state index is -1.10. The number of rotatable bonds is 4. The van der Waals surface area contributed by atoms with Crippen LogP contribution in [0.3, 0.4) is 0 Å². The first-order valence-corrected chi connectivity index (χ1v) is 9.03. The summed E-state index contributed by atoms with van der Waals surface area (Å²) < 4.78 is 24.7. The molecule has 1 atom stereocenters. The molecule has 0 saturated carbocycles. The van der Waals surface area contributed by atoms with Gasteiger partial charge in [0.2, 0.25) is 5.90 Å². The summed E-state index contributed by atoms with van der Waals surface area (Å²) in [5.74, 6) is -0.281. The zero-order valence-corrected chi connectivity index (χ0v) is 15.9. The number of halogens is 1. The lowest BCUT2D eigenvalue weighted by Crippen LogP contribution is -2.47. The predicted molar refractivity (Wildman–Crippen MR) is 102 cm³/mol. The molecule has 0 saturated heterocycles. The highest BCUT2D eigenvalue weighted by atomic mass is 19.1. The lowest BCUT2D eigenvalue weighted by molar-refractivity contribution is -0.162. The van der Waals surface area contributed by atoms with Gasteiger partial charge in [-0.25, -0.2) is 14.2 Å². The molecule has 3 rings (SSSR count). The molecule has 4 nitrogen and oxygen atoms in total. The fourth-order valence-corrected chi connectivity index (χ4v) is 2.99. The van der Waals surface area contributed by atoms with Gasteiger partial charge in [-0.2, -0.15) is 0 Å². The summed E-state index contributed by atoms with van der Waals surface area (Å²) in [5, 5.41) is 0. The van der Waals surface area contributed by atoms with Crippen molar-refractivity contribution >= 4 is 11.9 Å². The third kappa shape index (κ3) is 4.73. The molecule has 0 N–H and O–H groups in total. The number of benzene rings is 2. The lowest BCUT2D eigenvalue weighted by atomic mass is 9.87. The van der Waals surface area contributed by atoms with Crippen molar-refractivity contribution < 1.29 is 18.7 Å². The van der Waals surface area contributed by atoms with Crippen LogP contribution >= 0.6 is 0 Å². The van der Waals surface area contributed by atoms with Crippen LogP contribution < -0.4 is 0 Å². The van der Waals surface area contributed by atoms with Crippen LogP contribution in [0.5, 0.6) is 0 Å². The fraction of sp³-hybridized carbons (Fsp3) is 0.364. The fourth-order valence-electron chi connectivity index (χ4n) is 2.99. The van der Waals surface area contributed by atoms with Crippen molar-refractivity contribution in [3.63, 3.8) is 0 Å². The molecule has 0 unspecified atom stereocenters. The van der Waals surface area contributed by atoms with Gasteiger partial charge in [0.25, 0.3) is 0 Å². The molecule has 1 heterocycles. The molecular weight excluding hydrogens is 345 g/mol. The highest BCUT2D eigenvalue weighted by molar-refractivity contribution is 5.97. The van der Waals surface area contributed by atoms with Crippen LogP contribution in [0.4, 0.5) is 4.39 Å². The topological polar surface area (TPSA) is 47.9 Å². The quantitative estimate of drug-likeness (QED) is 0.754. The number of carbonyl (C=O) groups excluding carboxylic acids is 1. The van der Waals surface area contributed by atoms with Crippen molar-refractivity contribution in [2.45, 2.75) is 44.8 Å². The van der Waals surface area contributed by atoms with E-state index < -0.39 is 17.1 Å². The second-order valence-electron chi connectivity index (χ2n) is 7.72. The minimum Gasteiger partial charge on any atom is -0.477 e. The van der Waals surface area contributed by atoms with Gasteiger partial charge in [0.05, 0.1) is 6.61 Å². The van der Waals surface area contributed by atoms with Gasteiger partial charge in [-0.05, 0) is 50.6 Å². The largest absolute Gasteiger partial charge is 0.477 e. The van der Waals surface area contributed by atoms with Crippen molar-refractivity contribution in [2.24, 2.45) is 4.99 Å². The first-order chi connectivity index (χ1) is 12.8. The molecular formula is C22H24FNO3. The number of hydrogen-bond acceptors (Lipinski definition) is 4. The Hall–Kier alpha value is -2.69. The summed E-state index contributed by atoms with van der Waals surface area (Å²) in [7, 11) is 0. The van der Waals surface area contributed by atoms with Gasteiger partial charge in [-0.15, -0.1) is 0 Å². The molecule has 2 aromatic carbocycles. The maximum absolute atomic E-state index is 13.3. The van der Waals surface area contributed by atoms with Gasteiger partial charge in [0.1, 0.15) is 11.4 Å². The molecule has 5 heteroatoms. The minimum absolute atomic E-state index is 0.314. The van der Waals surface area contributed by atoms with Crippen molar-refractivity contribution in [1.82, 2.24) is 0 Å². The molecule has 0 fully saturated rings. The predicted octanol–water partition coefficient (Wildman–Crippen LogP) is 4.32. The number of esters is 1. The van der Waals surface area contributed by atoms with Crippen molar-refractivity contribution in [3.8, 4) is 0 Å². The van der Waals surface area contributed by atoms with Crippen LogP contribution in [-0.2, 0) is 20.7 Å². The van der Waals surface area contributed by atoms with E-state index in [0.29, 0.717) is 25.3 Å². The average Bonchev–Trinajstić information content (AvgIpc) is 2.63. The Balaban J connectivity index is 2.01. The molecule has 2 aromatic rings. The monoisotopic (exact) mass is 369 g/mol. The van der Waals surface area contributed by atoms with Crippen LogP contribution in [0.2, 0.25) is 0 Å². The summed E-state index contributed by atoms with van der Waals surface area (Å²) in [6.07, 6.45) is 0.720. The normalized spacial score (nSPS) is 19.8. The highest BCUT2D eigenvalue weighted by Crippen LogP contribution is 2.31. The van der Waals surface area contributed by atoms with E-state index in [-0.39, 0.29) is 5.82 Å². The van der Waals surface area contributed by atoms with Gasteiger partial charge < -0.3 is 9.47 Å². The standard InChI is InChI=1S/C22H24FNO3/c1-21(2,3)27-20(25)22(15-16-9-11-18(23)12-10-16)13-14-26-19(24-22)17-7-5-4-6-8-17/h4-12H,13-15H2,1-3H3/t22-/m0/s1. The maximum atomic E-state index is 13.3. The second-order valence-corrected chi connectivity index (χ2v) is 7.72. The molecule has 1 aliphatic rings. The van der Waals surface area contributed by atoms with Crippen LogP contribution in [0.25, 0.3) is 0 Å². The van der Waals surface area contributed by atoms with E-state index in [0.717, 1.165) is 11.1 Å². The Morgan fingerprint density at radius 2 is 1.81 bits per heavy atom. The van der Waals surface area contributed by atoms with Gasteiger partial charge in [0, 0.05) is 18.4 Å². The SMILES string of the molecule is CC(C)(C)OC(=O)[C@@]1(Cc2ccc(F)cc2)CCOC(c2ccccc2)=N1. The van der Waals surface area contributed by atoms with Gasteiger partial charge in [-0.3, -0.25) is 0 Å². The first kappa shape index (κ1) is 19.1. The molecule has 0 aliphatic carbocycles. The molecule has 1 aliphatic heterocycles. The molecule has 142 valence electrons. The third-order valence-corrected chi connectivity index (χ3v) is 4.28. The number of ether oxygens (including phenoxy) is 2. The van der Waals surface area contributed by atoms with Crippen LogP contribution in [0, 0.1) is 5.82 Å². The van der Waals surface area contributed by atoms with Crippen LogP contribution in [0.1, 0.15) is 38.3 Å². The van der Waals surface area contributed by atoms with Crippen molar-refractivity contribution in [3.05, 3.63) is 71.5 Å². The van der Waals surface area contributed by atoms with E-state index in [1.165, 1.54) is 12.1 Å². The summed E-state index contributed by atoms with van der Waals surface area (Å²) in [6.45, 7) is 5.85. The number of nitrogens with zero attached hydrogens (tertiary/aromatic N) is 1. The second kappa shape index (κ2) is 7.51. The summed E-state index contributed by atoms with van der Waals surface area (Å²) in [6, 6.07) is 15.6. The maximum Gasteiger partial charge on any atom is 0.335 e. The van der Waals surface area contributed by atoms with Crippen LogP contribution in [0.15, 0.2) is 59.6 Å². The highest BCUT2D eigenvalue weighted by Gasteiger charge is 2.44. The van der Waals surface area contributed by atoms with Gasteiger partial charge in [-0.1, -0.05) is 30.3 Å². The summed E-state index contributed by atoms with van der Waals surface area (Å²) in [4.78, 5) is 17.8. The molecule has 0 spiro atoms. The average molecular weight is 369 g/mol. The Bertz CT molecular complexity index is 825. The smallest absolute Gasteiger partial charge is 0.335 e. The van der Waals surface area contributed by atoms with E-state index >= 15 is 0 Å². The van der Waals surface area contributed by atoms with Crippen molar-refractivity contribution in [2.75, 3.05) is 6.61 Å². The zero-order chi connectivity index (χ0) is 19.5. The molecule has 0 radical (unpaired) electrons. The zero-order valence-electron chi connectivity index (χ0n) is 15.9. The Labute approximate surface area is 159 Å². The van der Waals surface area contributed by atoms with Gasteiger partial charge >= 0.3 is 5.97 Å². The summed E-state index contributed by atoms with van der Waals surface area (Å²) in [5.41, 5.74) is -0.105. The number of carbonyl (C=O) groups is 1. The van der Waals surface area contributed by atoms with Crippen molar-refractivity contribution in [1.29, 1.82) is 0 Å². The third-order valence-electron chi connectivity index (χ3n) is 4.28. The molecule has 27 heavy (non-hydrogen) atoms. The van der Waals surface area contributed by atoms with E-state index in [9.17, 15) is 9.18 Å². The number of aliphatic imine (C=N–C) groups is 1. The van der Waals surface area contributed by atoms with Gasteiger partial charge in [0.15, 0.2) is 5.54 Å². The lowest BCUT2D eigenvalue weighted by Gasteiger charge is -2.34. The summed E-state index contributed by atoms with van der Waals surface area (Å²) >= 11 is 0. The van der Waals surface area contributed by atoms with Crippen LogP contribution in [-0.4, -0.2) is 29.6 Å².